The lowest BCUT2D eigenvalue weighted by Gasteiger charge is -2.72. The van der Waals surface area contributed by atoms with Gasteiger partial charge in [-0.2, -0.15) is 0 Å². The summed E-state index contributed by atoms with van der Waals surface area (Å²) in [5, 5.41) is 6.17. The molecule has 1 unspecified atom stereocenters. The molecular weight excluding hydrogens is 1050 g/mol. The second kappa shape index (κ2) is 24.0. The van der Waals surface area contributed by atoms with Crippen molar-refractivity contribution in [3.8, 4) is 0 Å². The van der Waals surface area contributed by atoms with Crippen molar-refractivity contribution in [2.45, 2.75) is 140 Å². The number of unbranched alkanes of at least 4 members (excludes halogenated alkanes) is 2. The normalized spacial score (nSPS) is 24.5. The second-order valence-electron chi connectivity index (χ2n) is 25.9. The summed E-state index contributed by atoms with van der Waals surface area (Å²) in [4.78, 5) is 64.1. The van der Waals surface area contributed by atoms with Crippen LogP contribution in [0, 0.1) is 23.2 Å². The molecule has 4 amide bonds. The van der Waals surface area contributed by atoms with Crippen LogP contribution in [0.3, 0.4) is 0 Å². The van der Waals surface area contributed by atoms with Gasteiger partial charge in [0, 0.05) is 118 Å². The van der Waals surface area contributed by atoms with E-state index < -0.39 is 22.0 Å². The van der Waals surface area contributed by atoms with Gasteiger partial charge >= 0.3 is 0 Å². The van der Waals surface area contributed by atoms with E-state index in [1.807, 2.05) is 60.7 Å². The van der Waals surface area contributed by atoms with E-state index in [1.165, 1.54) is 49.0 Å². The number of nitrogens with one attached hydrogen (secondary N) is 3. The Bertz CT molecular complexity index is 3110. The average molecular weight is 1140 g/mol. The van der Waals surface area contributed by atoms with Crippen molar-refractivity contribution in [2.24, 2.45) is 16.2 Å². The standard InChI is InChI=1S/C65H84N8O6S2/c1-46-38-53(81(78,79)68-60(75)48-17-19-51(20-18-48)72-36-34-71(35-37-72)40-49-25-27-63(2,3)39-56(49)65-43-64(4,44-65)45-65)21-22-57(46)66-50(42-80-52-14-8-5-9-15-52)26-29-70-32-30-69(31-33-70)28-10-6-7-12-47-13-11-16-54-55(47)41-73(62(54)77)58-23-24-59(74)67-61(58)76/h5,8-9,11,13-22,38,50,58,66H,6-7,10,12,23-37,39-45H2,1-4H3,(H,68,75)(H,67,74,76)/t50-,58?,64?,65?/m1/s1. The lowest BCUT2D eigenvalue weighted by atomic mass is 9.33. The number of allylic oxidation sites excluding steroid dienone is 1. The van der Waals surface area contributed by atoms with Gasteiger partial charge < -0.3 is 24.9 Å². The fourth-order valence-corrected chi connectivity index (χ4v) is 16.6. The molecule has 3 saturated carbocycles. The average Bonchev–Trinajstić information content (AvgIpc) is 3.19. The lowest BCUT2D eigenvalue weighted by Crippen LogP contribution is -2.61. The number of nitrogens with zero attached hydrogens (tertiary/aromatic N) is 5. The number of thioether (sulfide) groups is 1. The molecule has 432 valence electrons. The first-order valence-electron chi connectivity index (χ1n) is 30.0. The maximum atomic E-state index is 13.7. The summed E-state index contributed by atoms with van der Waals surface area (Å²) < 4.78 is 29.8. The first kappa shape index (κ1) is 57.3. The molecule has 0 aromatic heterocycles. The SMILES string of the molecule is Cc1cc(S(=O)(=O)NC(=O)c2ccc(N3CCN(CC4=C(C56CC(C)(C5)C6)CC(C)(C)CC4)CC3)cc2)ccc1N[C@H](CCN1CCN(CCCCCc2cccc3c2CN(C2CCC(=O)NC2=O)C3=O)CC1)CSc1ccccc1. The summed E-state index contributed by atoms with van der Waals surface area (Å²) in [6.07, 6.45) is 13.6. The molecule has 4 heterocycles. The molecule has 2 bridgehead atoms. The highest BCUT2D eigenvalue weighted by Gasteiger charge is 2.67. The van der Waals surface area contributed by atoms with E-state index in [0.717, 1.165) is 132 Å². The largest absolute Gasteiger partial charge is 0.381 e. The van der Waals surface area contributed by atoms with Crippen LogP contribution < -0.4 is 20.3 Å². The molecule has 3 saturated heterocycles. The second-order valence-corrected chi connectivity index (χ2v) is 28.6. The molecule has 8 aliphatic rings. The number of anilines is 2. The summed E-state index contributed by atoms with van der Waals surface area (Å²) in [6, 6.07) is 28.3. The minimum absolute atomic E-state index is 0.0527. The van der Waals surface area contributed by atoms with Gasteiger partial charge in [0.15, 0.2) is 0 Å². The third kappa shape index (κ3) is 13.2. The van der Waals surface area contributed by atoms with Crippen LogP contribution in [-0.4, -0.2) is 141 Å². The fraction of sp³-hybridized carbons (Fsp3) is 0.538. The zero-order valence-electron chi connectivity index (χ0n) is 48.2. The van der Waals surface area contributed by atoms with Gasteiger partial charge in [0.25, 0.3) is 21.8 Å². The maximum Gasteiger partial charge on any atom is 0.264 e. The number of carbonyl (C=O) groups excluding carboxylic acids is 4. The number of benzene rings is 4. The number of hydrogen-bond donors (Lipinski definition) is 3. The van der Waals surface area contributed by atoms with Crippen molar-refractivity contribution in [2.75, 3.05) is 88.0 Å². The van der Waals surface area contributed by atoms with Crippen LogP contribution in [-0.2, 0) is 32.6 Å². The lowest BCUT2D eigenvalue weighted by molar-refractivity contribution is -0.167. The van der Waals surface area contributed by atoms with Gasteiger partial charge in [-0.15, -0.1) is 11.8 Å². The molecule has 81 heavy (non-hydrogen) atoms. The number of hydrogen-bond acceptors (Lipinski definition) is 12. The van der Waals surface area contributed by atoms with Crippen LogP contribution in [0.5, 0.6) is 0 Å². The molecule has 0 spiro atoms. The monoisotopic (exact) mass is 1140 g/mol. The Hall–Kier alpha value is -5.52. The van der Waals surface area contributed by atoms with Crippen LogP contribution in [0.2, 0.25) is 0 Å². The summed E-state index contributed by atoms with van der Waals surface area (Å²) >= 11 is 1.81. The molecule has 4 aromatic rings. The quantitative estimate of drug-likeness (QED) is 0.0297. The molecule has 4 aliphatic carbocycles. The summed E-state index contributed by atoms with van der Waals surface area (Å²) in [5.74, 6) is -0.583. The van der Waals surface area contributed by atoms with Gasteiger partial charge in [-0.1, -0.05) is 68.7 Å². The number of amides is 4. The van der Waals surface area contributed by atoms with Crippen LogP contribution >= 0.6 is 11.8 Å². The first-order chi connectivity index (χ1) is 38.9. The van der Waals surface area contributed by atoms with Crippen molar-refractivity contribution < 1.29 is 27.6 Å². The predicted octanol–water partition coefficient (Wildman–Crippen LogP) is 9.69. The van der Waals surface area contributed by atoms with E-state index in [2.05, 4.69) is 86.1 Å². The highest BCUT2D eigenvalue weighted by Crippen LogP contribution is 2.77. The summed E-state index contributed by atoms with van der Waals surface area (Å²) in [6.45, 7) is 20.7. The number of aryl methyl sites for hydroxylation is 2. The number of sulfonamides is 1. The van der Waals surface area contributed by atoms with E-state index in [9.17, 15) is 27.6 Å². The minimum Gasteiger partial charge on any atom is -0.381 e. The molecule has 4 aromatic carbocycles. The Morgan fingerprint density at radius 3 is 2.21 bits per heavy atom. The van der Waals surface area contributed by atoms with Crippen molar-refractivity contribution in [3.05, 3.63) is 130 Å². The molecule has 2 atom stereocenters. The Balaban J connectivity index is 0.622. The summed E-state index contributed by atoms with van der Waals surface area (Å²) in [5.41, 5.74) is 10.9. The third-order valence-corrected chi connectivity index (χ3v) is 21.6. The van der Waals surface area contributed by atoms with E-state index in [1.54, 1.807) is 34.7 Å². The van der Waals surface area contributed by atoms with Gasteiger partial charge in [0.2, 0.25) is 11.8 Å². The molecule has 0 radical (unpaired) electrons. The van der Waals surface area contributed by atoms with Crippen molar-refractivity contribution in [1.29, 1.82) is 0 Å². The van der Waals surface area contributed by atoms with Crippen molar-refractivity contribution >= 4 is 56.8 Å². The van der Waals surface area contributed by atoms with Gasteiger partial charge in [0.05, 0.1) is 4.90 Å². The van der Waals surface area contributed by atoms with Gasteiger partial charge in [-0.3, -0.25) is 29.4 Å². The van der Waals surface area contributed by atoms with E-state index in [-0.39, 0.29) is 35.1 Å². The zero-order chi connectivity index (χ0) is 56.5. The Labute approximate surface area is 485 Å². The maximum absolute atomic E-state index is 13.7. The molecule has 12 rings (SSSR count). The number of piperazine rings is 2. The number of imide groups is 1. The topological polar surface area (TPSA) is 155 Å². The Morgan fingerprint density at radius 1 is 0.790 bits per heavy atom. The number of piperidine rings is 1. The minimum atomic E-state index is -4.14. The van der Waals surface area contributed by atoms with E-state index in [0.29, 0.717) is 40.3 Å². The molecular formula is C65H84N8O6S2. The van der Waals surface area contributed by atoms with Crippen molar-refractivity contribution in [1.82, 2.24) is 29.6 Å². The van der Waals surface area contributed by atoms with Crippen LogP contribution in [0.25, 0.3) is 0 Å². The molecule has 16 heteroatoms. The smallest absolute Gasteiger partial charge is 0.264 e. The molecule has 3 N–H and O–H groups in total. The van der Waals surface area contributed by atoms with Gasteiger partial charge in [0.1, 0.15) is 6.04 Å². The molecule has 14 nitrogen and oxygen atoms in total. The number of carbonyl (C=O) groups is 4. The highest BCUT2D eigenvalue weighted by molar-refractivity contribution is 7.99. The van der Waals surface area contributed by atoms with Crippen LogP contribution in [0.4, 0.5) is 11.4 Å². The third-order valence-electron chi connectivity index (χ3n) is 19.1. The van der Waals surface area contributed by atoms with Gasteiger partial charge in [-0.25, -0.2) is 13.1 Å². The summed E-state index contributed by atoms with van der Waals surface area (Å²) in [7, 11) is -4.14. The zero-order valence-corrected chi connectivity index (χ0v) is 49.8. The van der Waals surface area contributed by atoms with Gasteiger partial charge in [-0.05, 0) is 178 Å². The van der Waals surface area contributed by atoms with Crippen molar-refractivity contribution in [3.63, 3.8) is 0 Å². The molecule has 4 aliphatic heterocycles. The fourth-order valence-electron chi connectivity index (χ4n) is 14.6. The Morgan fingerprint density at radius 2 is 1.51 bits per heavy atom. The number of rotatable bonds is 22. The number of fused-ring (bicyclic) bond motifs is 1. The molecule has 6 fully saturated rings. The predicted molar refractivity (Wildman–Crippen MR) is 322 cm³/mol. The van der Waals surface area contributed by atoms with E-state index >= 15 is 0 Å². The highest BCUT2D eigenvalue weighted by atomic mass is 32.2. The van der Waals surface area contributed by atoms with E-state index in [4.69, 9.17) is 0 Å². The first-order valence-corrected chi connectivity index (χ1v) is 32.5. The Kier molecular flexibility index (Phi) is 17.0. The van der Waals surface area contributed by atoms with Crippen LogP contribution in [0.1, 0.15) is 135 Å². The van der Waals surface area contributed by atoms with Crippen LogP contribution in [0.15, 0.2) is 112 Å².